The van der Waals surface area contributed by atoms with Gasteiger partial charge in [-0.1, -0.05) is 0 Å². The number of rotatable bonds is 6. The first-order chi connectivity index (χ1) is 8.15. The van der Waals surface area contributed by atoms with E-state index in [2.05, 4.69) is 10.3 Å². The third-order valence-electron chi connectivity index (χ3n) is 1.98. The quantitative estimate of drug-likeness (QED) is 0.731. The summed E-state index contributed by atoms with van der Waals surface area (Å²) >= 11 is 1.53. The molecule has 94 valence electrons. The number of ether oxygens (including phenoxy) is 1. The van der Waals surface area contributed by atoms with Gasteiger partial charge in [-0.25, -0.2) is 4.98 Å². The van der Waals surface area contributed by atoms with Crippen LogP contribution in [0.4, 0.5) is 0 Å². The molecule has 1 rings (SSSR count). The average molecular weight is 256 g/mol. The van der Waals surface area contributed by atoms with Gasteiger partial charge in [0.2, 0.25) is 5.91 Å². The summed E-state index contributed by atoms with van der Waals surface area (Å²) in [5.41, 5.74) is 0.759. The van der Waals surface area contributed by atoms with Crippen molar-refractivity contribution in [3.8, 4) is 0 Å². The minimum absolute atomic E-state index is 0.150. The van der Waals surface area contributed by atoms with Crippen molar-refractivity contribution in [3.05, 3.63) is 22.2 Å². The fourth-order valence-corrected chi connectivity index (χ4v) is 1.79. The summed E-state index contributed by atoms with van der Waals surface area (Å²) in [6.45, 7) is 2.04. The zero-order valence-electron chi connectivity index (χ0n) is 9.84. The fourth-order valence-electron chi connectivity index (χ4n) is 1.21. The maximum absolute atomic E-state index is 11.5. The van der Waals surface area contributed by atoms with Crippen LogP contribution in [0.15, 0.2) is 11.5 Å². The van der Waals surface area contributed by atoms with E-state index in [4.69, 9.17) is 9.84 Å². The summed E-state index contributed by atoms with van der Waals surface area (Å²) in [6.07, 6.45) is 3.03. The van der Waals surface area contributed by atoms with Gasteiger partial charge in [-0.3, -0.25) is 4.79 Å². The summed E-state index contributed by atoms with van der Waals surface area (Å²) in [6, 6.07) is -0.380. The van der Waals surface area contributed by atoms with Crippen LogP contribution in [0, 0.1) is 6.92 Å². The van der Waals surface area contributed by atoms with Crippen molar-refractivity contribution >= 4 is 23.3 Å². The van der Waals surface area contributed by atoms with Crippen molar-refractivity contribution in [2.24, 2.45) is 0 Å². The molecule has 1 aromatic heterocycles. The molecule has 0 aliphatic carbocycles. The zero-order chi connectivity index (χ0) is 12.7. The van der Waals surface area contributed by atoms with Gasteiger partial charge in [0.1, 0.15) is 0 Å². The van der Waals surface area contributed by atoms with Gasteiger partial charge in [-0.15, -0.1) is 11.3 Å². The standard InChI is InChI=1S/C11H16N2O3S/c1-8-12-9(7-17-8)3-4-11(15)13-10(5-14)6-16-2/h3-4,7,10,14H,5-6H2,1-2H3,(H,13,15)/b4-3+. The number of aliphatic hydroxyl groups excluding tert-OH is 1. The van der Waals surface area contributed by atoms with E-state index in [1.54, 1.807) is 6.08 Å². The lowest BCUT2D eigenvalue weighted by molar-refractivity contribution is -0.117. The van der Waals surface area contributed by atoms with Crippen molar-refractivity contribution in [1.82, 2.24) is 10.3 Å². The molecule has 17 heavy (non-hydrogen) atoms. The molecule has 0 spiro atoms. The molecule has 0 aliphatic heterocycles. The number of carbonyl (C=O) groups is 1. The van der Waals surface area contributed by atoms with E-state index >= 15 is 0 Å². The van der Waals surface area contributed by atoms with Crippen LogP contribution in [0.2, 0.25) is 0 Å². The van der Waals surface area contributed by atoms with Crippen molar-refractivity contribution < 1.29 is 14.6 Å². The van der Waals surface area contributed by atoms with Crippen LogP contribution in [0.5, 0.6) is 0 Å². The largest absolute Gasteiger partial charge is 0.394 e. The highest BCUT2D eigenvalue weighted by atomic mass is 32.1. The van der Waals surface area contributed by atoms with Gasteiger partial charge in [0.05, 0.1) is 30.0 Å². The number of hydrogen-bond donors (Lipinski definition) is 2. The topological polar surface area (TPSA) is 71.5 Å². The van der Waals surface area contributed by atoms with Gasteiger partial charge in [-0.05, 0) is 13.0 Å². The number of aryl methyl sites for hydroxylation is 1. The Morgan fingerprint density at radius 3 is 3.06 bits per heavy atom. The molecule has 0 aromatic carbocycles. The van der Waals surface area contributed by atoms with Crippen molar-refractivity contribution in [2.75, 3.05) is 20.3 Å². The second-order valence-corrected chi connectivity index (χ2v) is 4.53. The van der Waals surface area contributed by atoms with Gasteiger partial charge in [0.15, 0.2) is 0 Å². The first-order valence-corrected chi connectivity index (χ1v) is 6.04. The van der Waals surface area contributed by atoms with Gasteiger partial charge < -0.3 is 15.2 Å². The summed E-state index contributed by atoms with van der Waals surface area (Å²) < 4.78 is 4.85. The monoisotopic (exact) mass is 256 g/mol. The fraction of sp³-hybridized carbons (Fsp3) is 0.455. The van der Waals surface area contributed by atoms with Crippen LogP contribution < -0.4 is 5.32 Å². The van der Waals surface area contributed by atoms with Crippen molar-refractivity contribution in [2.45, 2.75) is 13.0 Å². The maximum atomic E-state index is 11.5. The Balaban J connectivity index is 2.45. The Morgan fingerprint density at radius 2 is 2.53 bits per heavy atom. The molecule has 0 fully saturated rings. The molecule has 1 unspecified atom stereocenters. The molecule has 0 saturated heterocycles. The van der Waals surface area contributed by atoms with Crippen LogP contribution in [-0.2, 0) is 9.53 Å². The van der Waals surface area contributed by atoms with Crippen LogP contribution in [-0.4, -0.2) is 42.4 Å². The molecule has 1 amide bonds. The molecule has 2 N–H and O–H groups in total. The number of nitrogens with one attached hydrogen (secondary N) is 1. The molecule has 1 aromatic rings. The number of thiazole rings is 1. The van der Waals surface area contributed by atoms with E-state index in [-0.39, 0.29) is 25.2 Å². The highest BCUT2D eigenvalue weighted by Gasteiger charge is 2.08. The van der Waals surface area contributed by atoms with Gasteiger partial charge in [-0.2, -0.15) is 0 Å². The van der Waals surface area contributed by atoms with Crippen molar-refractivity contribution in [3.63, 3.8) is 0 Å². The van der Waals surface area contributed by atoms with E-state index in [0.717, 1.165) is 10.7 Å². The van der Waals surface area contributed by atoms with E-state index in [0.29, 0.717) is 0 Å². The van der Waals surface area contributed by atoms with E-state index in [9.17, 15) is 4.79 Å². The van der Waals surface area contributed by atoms with Gasteiger partial charge in [0.25, 0.3) is 0 Å². The van der Waals surface area contributed by atoms with E-state index in [1.807, 2.05) is 12.3 Å². The summed E-state index contributed by atoms with van der Waals surface area (Å²) in [5, 5.41) is 14.4. The zero-order valence-corrected chi connectivity index (χ0v) is 10.7. The minimum Gasteiger partial charge on any atom is -0.394 e. The van der Waals surface area contributed by atoms with Crippen LogP contribution in [0.1, 0.15) is 10.7 Å². The van der Waals surface area contributed by atoms with Crippen LogP contribution >= 0.6 is 11.3 Å². The number of nitrogens with zero attached hydrogens (tertiary/aromatic N) is 1. The Hall–Kier alpha value is -1.24. The molecule has 0 radical (unpaired) electrons. The third kappa shape index (κ3) is 5.08. The average Bonchev–Trinajstić information content (AvgIpc) is 2.72. The molecule has 5 nitrogen and oxygen atoms in total. The number of methoxy groups -OCH3 is 1. The third-order valence-corrected chi connectivity index (χ3v) is 2.77. The predicted octanol–water partition coefficient (Wildman–Crippen LogP) is 0.588. The molecular formula is C11H16N2O3S. The summed E-state index contributed by atoms with van der Waals surface area (Å²) in [5.74, 6) is -0.272. The lowest BCUT2D eigenvalue weighted by Crippen LogP contribution is -2.39. The number of hydrogen-bond acceptors (Lipinski definition) is 5. The lowest BCUT2D eigenvalue weighted by atomic mass is 10.3. The number of carbonyl (C=O) groups excluding carboxylic acids is 1. The highest BCUT2D eigenvalue weighted by Crippen LogP contribution is 2.08. The number of aliphatic hydroxyl groups is 1. The van der Waals surface area contributed by atoms with Crippen LogP contribution in [0.3, 0.4) is 0 Å². The van der Waals surface area contributed by atoms with Crippen molar-refractivity contribution in [1.29, 1.82) is 0 Å². The molecular weight excluding hydrogens is 240 g/mol. The second-order valence-electron chi connectivity index (χ2n) is 3.47. The lowest BCUT2D eigenvalue weighted by Gasteiger charge is -2.13. The van der Waals surface area contributed by atoms with Gasteiger partial charge in [0, 0.05) is 18.6 Å². The molecule has 1 heterocycles. The second kappa shape index (κ2) is 7.16. The Kier molecular flexibility index (Phi) is 5.82. The summed E-state index contributed by atoms with van der Waals surface area (Å²) in [4.78, 5) is 15.7. The first-order valence-electron chi connectivity index (χ1n) is 5.16. The van der Waals surface area contributed by atoms with Crippen LogP contribution in [0.25, 0.3) is 6.08 Å². The number of aromatic nitrogens is 1. The molecule has 0 aliphatic rings. The van der Waals surface area contributed by atoms with E-state index < -0.39 is 0 Å². The highest BCUT2D eigenvalue weighted by molar-refractivity contribution is 7.09. The number of amides is 1. The normalized spacial score (nSPS) is 12.9. The Bertz CT molecular complexity index is 390. The Labute approximate surface area is 104 Å². The molecule has 6 heteroatoms. The van der Waals surface area contributed by atoms with E-state index in [1.165, 1.54) is 24.5 Å². The predicted molar refractivity (Wildman–Crippen MR) is 66.8 cm³/mol. The van der Waals surface area contributed by atoms with Gasteiger partial charge >= 0.3 is 0 Å². The SMILES string of the molecule is COCC(CO)NC(=O)/C=C/c1csc(C)n1. The summed E-state index contributed by atoms with van der Waals surface area (Å²) in [7, 11) is 1.52. The minimum atomic E-state index is -0.380. The first kappa shape index (κ1) is 13.8. The molecule has 0 saturated carbocycles. The molecule has 0 bridgehead atoms. The maximum Gasteiger partial charge on any atom is 0.244 e. The smallest absolute Gasteiger partial charge is 0.244 e. The Morgan fingerprint density at radius 1 is 1.76 bits per heavy atom. The molecule has 1 atom stereocenters.